The molecular formula is C4H8Br2O2. The van der Waals surface area contributed by atoms with Gasteiger partial charge in [0.2, 0.25) is 0 Å². The SMILES string of the molecule is Br.CCC(Br)C(=O)O. The van der Waals surface area contributed by atoms with Gasteiger partial charge in [-0.05, 0) is 6.42 Å². The summed E-state index contributed by atoms with van der Waals surface area (Å²) in [6.07, 6.45) is 0.634. The molecule has 0 saturated heterocycles. The Morgan fingerprint density at radius 2 is 2.25 bits per heavy atom. The number of aliphatic carboxylic acids is 1. The summed E-state index contributed by atoms with van der Waals surface area (Å²) >= 11 is 2.94. The van der Waals surface area contributed by atoms with Crippen LogP contribution in [0, 0.1) is 0 Å². The lowest BCUT2D eigenvalue weighted by Gasteiger charge is -1.94. The third kappa shape index (κ3) is 4.59. The minimum Gasteiger partial charge on any atom is -0.480 e. The molecule has 0 spiro atoms. The second-order valence-corrected chi connectivity index (χ2v) is 2.32. The predicted molar refractivity (Wildman–Crippen MR) is 41.0 cm³/mol. The van der Waals surface area contributed by atoms with Crippen molar-refractivity contribution in [2.24, 2.45) is 0 Å². The Labute approximate surface area is 67.2 Å². The van der Waals surface area contributed by atoms with Gasteiger partial charge in [-0.2, -0.15) is 0 Å². The van der Waals surface area contributed by atoms with Gasteiger partial charge in [0.1, 0.15) is 4.83 Å². The van der Waals surface area contributed by atoms with Crippen LogP contribution in [0.1, 0.15) is 13.3 Å². The van der Waals surface area contributed by atoms with Crippen LogP contribution < -0.4 is 0 Å². The highest BCUT2D eigenvalue weighted by atomic mass is 79.9. The summed E-state index contributed by atoms with van der Waals surface area (Å²) < 4.78 is 0. The topological polar surface area (TPSA) is 37.3 Å². The number of hydrogen-bond donors (Lipinski definition) is 1. The fourth-order valence-electron chi connectivity index (χ4n) is 0.175. The molecule has 0 amide bonds. The molecule has 1 N–H and O–H groups in total. The molecule has 0 fully saturated rings. The van der Waals surface area contributed by atoms with Gasteiger partial charge in [0.25, 0.3) is 0 Å². The van der Waals surface area contributed by atoms with Gasteiger partial charge in [-0.1, -0.05) is 22.9 Å². The van der Waals surface area contributed by atoms with Crippen LogP contribution in [0.3, 0.4) is 0 Å². The van der Waals surface area contributed by atoms with Gasteiger partial charge in [0.15, 0.2) is 0 Å². The molecule has 0 aliphatic rings. The zero-order valence-corrected chi connectivity index (χ0v) is 7.73. The van der Waals surface area contributed by atoms with Crippen LogP contribution in [-0.4, -0.2) is 15.9 Å². The van der Waals surface area contributed by atoms with E-state index in [0.717, 1.165) is 0 Å². The molecular weight excluding hydrogens is 240 g/mol. The van der Waals surface area contributed by atoms with Gasteiger partial charge in [0, 0.05) is 0 Å². The van der Waals surface area contributed by atoms with E-state index < -0.39 is 5.97 Å². The summed E-state index contributed by atoms with van der Waals surface area (Å²) in [7, 11) is 0. The quantitative estimate of drug-likeness (QED) is 0.756. The van der Waals surface area contributed by atoms with Crippen molar-refractivity contribution in [2.75, 3.05) is 0 Å². The highest BCUT2D eigenvalue weighted by molar-refractivity contribution is 9.10. The van der Waals surface area contributed by atoms with Gasteiger partial charge in [-0.15, -0.1) is 17.0 Å². The van der Waals surface area contributed by atoms with Gasteiger partial charge in [-0.25, -0.2) is 0 Å². The summed E-state index contributed by atoms with van der Waals surface area (Å²) in [5, 5.41) is 8.14. The highest BCUT2D eigenvalue weighted by Crippen LogP contribution is 2.02. The van der Waals surface area contributed by atoms with Crippen molar-refractivity contribution in [2.45, 2.75) is 18.2 Å². The third-order valence-corrected chi connectivity index (χ3v) is 1.67. The molecule has 0 aromatic carbocycles. The maximum atomic E-state index is 9.88. The molecule has 8 heavy (non-hydrogen) atoms. The fraction of sp³-hybridized carbons (Fsp3) is 0.750. The Balaban J connectivity index is 0. The van der Waals surface area contributed by atoms with Gasteiger partial charge >= 0.3 is 5.97 Å². The average molecular weight is 248 g/mol. The lowest BCUT2D eigenvalue weighted by molar-refractivity contribution is -0.136. The van der Waals surface area contributed by atoms with Crippen molar-refractivity contribution in [3.63, 3.8) is 0 Å². The molecule has 1 unspecified atom stereocenters. The molecule has 1 atom stereocenters. The molecule has 4 heteroatoms. The smallest absolute Gasteiger partial charge is 0.317 e. The molecule has 0 radical (unpaired) electrons. The minimum absolute atomic E-state index is 0. The molecule has 2 nitrogen and oxygen atoms in total. The Bertz CT molecular complexity index is 74.4. The molecule has 0 saturated carbocycles. The van der Waals surface area contributed by atoms with E-state index in [1.807, 2.05) is 6.92 Å². The molecule has 0 aliphatic heterocycles. The molecule has 0 heterocycles. The number of carbonyl (C=O) groups is 1. The van der Waals surface area contributed by atoms with Crippen LogP contribution in [0.25, 0.3) is 0 Å². The standard InChI is InChI=1S/C4H7BrO2.BrH/c1-2-3(5)4(6)7;/h3H,2H2,1H3,(H,6,7);1H. The van der Waals surface area contributed by atoms with Crippen LogP contribution in [0.4, 0.5) is 0 Å². The van der Waals surface area contributed by atoms with E-state index in [1.165, 1.54) is 0 Å². The Morgan fingerprint density at radius 1 is 1.88 bits per heavy atom. The first-order chi connectivity index (χ1) is 3.18. The minimum atomic E-state index is -0.789. The number of hydrogen-bond acceptors (Lipinski definition) is 1. The Kier molecular flexibility index (Phi) is 7.83. The van der Waals surface area contributed by atoms with E-state index in [2.05, 4.69) is 15.9 Å². The number of alkyl halides is 1. The maximum Gasteiger partial charge on any atom is 0.317 e. The van der Waals surface area contributed by atoms with Crippen molar-refractivity contribution >= 4 is 38.9 Å². The summed E-state index contributed by atoms with van der Waals surface area (Å²) in [6, 6.07) is 0. The van der Waals surface area contributed by atoms with Gasteiger partial charge < -0.3 is 5.11 Å². The molecule has 0 bridgehead atoms. The molecule has 0 aromatic heterocycles. The predicted octanol–water partition coefficient (Wildman–Crippen LogP) is 1.82. The van der Waals surface area contributed by atoms with Crippen LogP contribution in [0.15, 0.2) is 0 Å². The molecule has 0 aromatic rings. The summed E-state index contributed by atoms with van der Waals surface area (Å²) in [5.41, 5.74) is 0. The van der Waals surface area contributed by atoms with Crippen LogP contribution >= 0.6 is 32.9 Å². The van der Waals surface area contributed by atoms with Crippen molar-refractivity contribution < 1.29 is 9.90 Å². The van der Waals surface area contributed by atoms with Gasteiger partial charge in [0.05, 0.1) is 0 Å². The van der Waals surface area contributed by atoms with Crippen LogP contribution in [0.5, 0.6) is 0 Å². The summed E-state index contributed by atoms with van der Waals surface area (Å²) in [6.45, 7) is 1.81. The van der Waals surface area contributed by atoms with E-state index in [9.17, 15) is 4.79 Å². The van der Waals surface area contributed by atoms with Crippen molar-refractivity contribution in [1.82, 2.24) is 0 Å². The first-order valence-electron chi connectivity index (χ1n) is 2.05. The number of halogens is 2. The zero-order chi connectivity index (χ0) is 5.86. The molecule has 0 rings (SSSR count). The first-order valence-corrected chi connectivity index (χ1v) is 2.97. The van der Waals surface area contributed by atoms with E-state index >= 15 is 0 Å². The third-order valence-electron chi connectivity index (χ3n) is 0.626. The second-order valence-electron chi connectivity index (χ2n) is 1.21. The highest BCUT2D eigenvalue weighted by Gasteiger charge is 2.07. The molecule has 50 valence electrons. The summed E-state index contributed by atoms with van der Waals surface area (Å²) in [4.78, 5) is 9.52. The maximum absolute atomic E-state index is 9.88. The van der Waals surface area contributed by atoms with Gasteiger partial charge in [-0.3, -0.25) is 4.79 Å². The number of rotatable bonds is 2. The van der Waals surface area contributed by atoms with E-state index in [0.29, 0.717) is 6.42 Å². The normalized spacial score (nSPS) is 11.8. The van der Waals surface area contributed by atoms with Crippen molar-refractivity contribution in [3.8, 4) is 0 Å². The summed E-state index contributed by atoms with van der Waals surface area (Å²) in [5.74, 6) is -0.789. The number of carboxylic acid groups (broad SMARTS) is 1. The van der Waals surface area contributed by atoms with E-state index in [4.69, 9.17) is 5.11 Å². The molecule has 0 aliphatic carbocycles. The number of carboxylic acids is 1. The van der Waals surface area contributed by atoms with Crippen molar-refractivity contribution in [1.29, 1.82) is 0 Å². The fourth-order valence-corrected chi connectivity index (χ4v) is 0.175. The lowest BCUT2D eigenvalue weighted by Crippen LogP contribution is -2.09. The Morgan fingerprint density at radius 3 is 2.25 bits per heavy atom. The van der Waals surface area contributed by atoms with E-state index in [1.54, 1.807) is 0 Å². The second kappa shape index (κ2) is 5.56. The van der Waals surface area contributed by atoms with Crippen LogP contribution in [0.2, 0.25) is 0 Å². The Hall–Kier alpha value is 0.430. The average Bonchev–Trinajstić information content (AvgIpc) is 1.65. The largest absolute Gasteiger partial charge is 0.480 e. The van der Waals surface area contributed by atoms with Crippen molar-refractivity contribution in [3.05, 3.63) is 0 Å². The lowest BCUT2D eigenvalue weighted by atomic mass is 10.3. The van der Waals surface area contributed by atoms with Crippen LogP contribution in [-0.2, 0) is 4.79 Å². The zero-order valence-electron chi connectivity index (χ0n) is 4.43. The monoisotopic (exact) mass is 246 g/mol. The first kappa shape index (κ1) is 11.3. The van der Waals surface area contributed by atoms with E-state index in [-0.39, 0.29) is 21.8 Å².